The Morgan fingerprint density at radius 3 is 1.80 bits per heavy atom. The number of hydrogen-bond acceptors (Lipinski definition) is 2. The number of hydrogen-bond donors (Lipinski definition) is 0. The lowest BCUT2D eigenvalue weighted by Gasteiger charge is -2.35. The van der Waals surface area contributed by atoms with Crippen LogP contribution >= 0.6 is 0 Å². The first-order chi connectivity index (χ1) is 24.0. The molecule has 11 rings (SSSR count). The minimum atomic E-state index is -0.480. The molecule has 0 saturated carbocycles. The lowest BCUT2D eigenvalue weighted by molar-refractivity contribution is 0.103. The maximum atomic E-state index is 14.7. The van der Waals surface area contributed by atoms with Crippen molar-refractivity contribution in [1.29, 1.82) is 0 Å². The van der Waals surface area contributed by atoms with Gasteiger partial charge in [0.15, 0.2) is 5.78 Å². The van der Waals surface area contributed by atoms with Crippen LogP contribution in [0.1, 0.15) is 63.1 Å². The van der Waals surface area contributed by atoms with Gasteiger partial charge in [0.25, 0.3) is 0 Å². The normalized spacial score (nSPS) is 15.1. The monoisotopic (exact) mass is 626 g/mol. The molecule has 3 nitrogen and oxygen atoms in total. The van der Waals surface area contributed by atoms with E-state index < -0.39 is 5.41 Å². The van der Waals surface area contributed by atoms with Crippen LogP contribution in [-0.2, 0) is 10.8 Å². The zero-order chi connectivity index (χ0) is 32.6. The molecule has 2 aromatic heterocycles. The van der Waals surface area contributed by atoms with E-state index in [1.54, 1.807) is 0 Å². The summed E-state index contributed by atoms with van der Waals surface area (Å²) in [6.45, 7) is 4.55. The van der Waals surface area contributed by atoms with Gasteiger partial charge < -0.3 is 4.57 Å². The van der Waals surface area contributed by atoms with Crippen molar-refractivity contribution in [2.75, 3.05) is 0 Å². The highest BCUT2D eigenvalue weighted by molar-refractivity contribution is 6.13. The quantitative estimate of drug-likeness (QED) is 0.179. The van der Waals surface area contributed by atoms with Crippen molar-refractivity contribution >= 4 is 27.6 Å². The van der Waals surface area contributed by atoms with Gasteiger partial charge in [-0.25, -0.2) is 0 Å². The average Bonchev–Trinajstić information content (AvgIpc) is 3.76. The average molecular weight is 627 g/mol. The standard InChI is InChI=1S/C46H30N2O/c1-45(2)38-17-9-13-34-33-22-23-47-26-42(33)48(43(34)38)41-21-19-28(25-40(41)45)44(49)27-18-20-32-31-12-5-8-16-37(31)46(39(32)24-27)35-14-6-3-10-29(35)30-11-4-7-15-36(30)46/h3-26H,1-2H3. The summed E-state index contributed by atoms with van der Waals surface area (Å²) in [6.07, 6.45) is 3.82. The van der Waals surface area contributed by atoms with E-state index in [4.69, 9.17) is 0 Å². The molecule has 0 N–H and O–H groups in total. The van der Waals surface area contributed by atoms with E-state index in [0.29, 0.717) is 11.1 Å². The fraction of sp³-hybridized carbons (Fsp3) is 0.0870. The highest BCUT2D eigenvalue weighted by Gasteiger charge is 2.51. The molecule has 0 atom stereocenters. The Balaban J connectivity index is 1.11. The van der Waals surface area contributed by atoms with Gasteiger partial charge in [-0.15, -0.1) is 0 Å². The number of aromatic nitrogens is 2. The first-order valence-electron chi connectivity index (χ1n) is 17.0. The van der Waals surface area contributed by atoms with E-state index in [1.165, 1.54) is 66.4 Å². The van der Waals surface area contributed by atoms with Gasteiger partial charge >= 0.3 is 0 Å². The van der Waals surface area contributed by atoms with Crippen LogP contribution in [0.3, 0.4) is 0 Å². The van der Waals surface area contributed by atoms with E-state index in [0.717, 1.165) is 16.8 Å². The fourth-order valence-electron chi connectivity index (χ4n) is 9.59. The molecule has 3 aliphatic rings. The van der Waals surface area contributed by atoms with Gasteiger partial charge in [0.2, 0.25) is 0 Å². The predicted molar refractivity (Wildman–Crippen MR) is 197 cm³/mol. The van der Waals surface area contributed by atoms with E-state index >= 15 is 0 Å². The zero-order valence-corrected chi connectivity index (χ0v) is 27.2. The molecule has 0 fully saturated rings. The second kappa shape index (κ2) is 9.09. The van der Waals surface area contributed by atoms with Crippen molar-refractivity contribution in [2.45, 2.75) is 24.7 Å². The Hall–Kier alpha value is -6.06. The molecule has 8 aromatic rings. The van der Waals surface area contributed by atoms with Crippen molar-refractivity contribution in [1.82, 2.24) is 9.55 Å². The molecule has 230 valence electrons. The summed E-state index contributed by atoms with van der Waals surface area (Å²) in [6, 6.07) is 47.7. The highest BCUT2D eigenvalue weighted by atomic mass is 16.1. The Morgan fingerprint density at radius 2 is 1.12 bits per heavy atom. The number of pyridine rings is 1. The Kier molecular flexibility index (Phi) is 5.00. The van der Waals surface area contributed by atoms with E-state index in [1.807, 2.05) is 24.5 Å². The van der Waals surface area contributed by atoms with Crippen LogP contribution in [-0.4, -0.2) is 15.3 Å². The van der Waals surface area contributed by atoms with Gasteiger partial charge in [0.05, 0.1) is 28.3 Å². The van der Waals surface area contributed by atoms with Gasteiger partial charge in [0, 0.05) is 33.5 Å². The van der Waals surface area contributed by atoms with E-state index in [-0.39, 0.29) is 11.2 Å². The number of benzene rings is 6. The summed E-state index contributed by atoms with van der Waals surface area (Å²) in [5, 5.41) is 2.43. The van der Waals surface area contributed by atoms with Gasteiger partial charge in [-0.2, -0.15) is 0 Å². The van der Waals surface area contributed by atoms with Crippen molar-refractivity contribution in [3.8, 4) is 27.9 Å². The van der Waals surface area contributed by atoms with Crippen LogP contribution in [0.2, 0.25) is 0 Å². The largest absolute Gasteiger partial charge is 0.307 e. The molecule has 49 heavy (non-hydrogen) atoms. The summed E-state index contributed by atoms with van der Waals surface area (Å²) >= 11 is 0. The van der Waals surface area contributed by atoms with Gasteiger partial charge in [-0.05, 0) is 86.0 Å². The lowest BCUT2D eigenvalue weighted by Crippen LogP contribution is -2.27. The third-order valence-electron chi connectivity index (χ3n) is 11.7. The molecule has 0 saturated heterocycles. The van der Waals surface area contributed by atoms with E-state index in [2.05, 4.69) is 145 Å². The van der Waals surface area contributed by atoms with Crippen LogP contribution in [0, 0.1) is 0 Å². The lowest BCUT2D eigenvalue weighted by atomic mass is 9.70. The number of nitrogens with zero attached hydrogens (tertiary/aromatic N) is 2. The van der Waals surface area contributed by atoms with Crippen LogP contribution in [0.4, 0.5) is 0 Å². The minimum Gasteiger partial charge on any atom is -0.307 e. The fourth-order valence-corrected chi connectivity index (χ4v) is 9.59. The topological polar surface area (TPSA) is 34.9 Å². The van der Waals surface area contributed by atoms with Gasteiger partial charge in [-0.1, -0.05) is 117 Å². The third-order valence-corrected chi connectivity index (χ3v) is 11.7. The number of carbonyl (C=O) groups excluding carboxylic acids is 1. The molecule has 3 heterocycles. The Labute approximate surface area is 284 Å². The molecule has 2 aliphatic carbocycles. The molecule has 1 aliphatic heterocycles. The molecule has 6 aromatic carbocycles. The van der Waals surface area contributed by atoms with E-state index in [9.17, 15) is 4.79 Å². The number of fused-ring (bicyclic) bond motifs is 15. The highest BCUT2D eigenvalue weighted by Crippen LogP contribution is 2.62. The smallest absolute Gasteiger partial charge is 0.193 e. The predicted octanol–water partition coefficient (Wildman–Crippen LogP) is 10.4. The van der Waals surface area contributed by atoms with Crippen molar-refractivity contribution in [2.24, 2.45) is 0 Å². The first-order valence-corrected chi connectivity index (χ1v) is 17.0. The van der Waals surface area contributed by atoms with Crippen LogP contribution in [0.25, 0.3) is 49.7 Å². The summed E-state index contributed by atoms with van der Waals surface area (Å²) < 4.78 is 2.34. The molecular weight excluding hydrogens is 597 g/mol. The van der Waals surface area contributed by atoms with Gasteiger partial charge in [-0.3, -0.25) is 9.78 Å². The van der Waals surface area contributed by atoms with Crippen LogP contribution < -0.4 is 0 Å². The van der Waals surface area contributed by atoms with Crippen LogP contribution in [0.15, 0.2) is 146 Å². The summed E-state index contributed by atoms with van der Waals surface area (Å²) in [5.41, 5.74) is 16.4. The molecule has 3 heteroatoms. The van der Waals surface area contributed by atoms with Crippen molar-refractivity contribution in [3.63, 3.8) is 0 Å². The Morgan fingerprint density at radius 1 is 0.551 bits per heavy atom. The van der Waals surface area contributed by atoms with Crippen molar-refractivity contribution in [3.05, 3.63) is 190 Å². The van der Waals surface area contributed by atoms with Crippen molar-refractivity contribution < 1.29 is 4.79 Å². The number of carbonyl (C=O) groups is 1. The second-order valence-electron chi connectivity index (χ2n) is 14.3. The maximum absolute atomic E-state index is 14.7. The zero-order valence-electron chi connectivity index (χ0n) is 27.2. The summed E-state index contributed by atoms with van der Waals surface area (Å²) in [7, 11) is 0. The number of rotatable bonds is 2. The second-order valence-corrected chi connectivity index (χ2v) is 14.3. The van der Waals surface area contributed by atoms with Gasteiger partial charge in [0.1, 0.15) is 0 Å². The molecular formula is C46H30N2O. The summed E-state index contributed by atoms with van der Waals surface area (Å²) in [4.78, 5) is 19.2. The molecule has 0 unspecified atom stereocenters. The molecule has 0 amide bonds. The minimum absolute atomic E-state index is 0.0371. The number of para-hydroxylation sites is 1. The maximum Gasteiger partial charge on any atom is 0.193 e. The summed E-state index contributed by atoms with van der Waals surface area (Å²) in [5.74, 6) is 0.0371. The molecule has 0 bridgehead atoms. The first kappa shape index (κ1) is 26.9. The number of ketones is 1. The van der Waals surface area contributed by atoms with Crippen LogP contribution in [0.5, 0.6) is 0 Å². The molecule has 0 radical (unpaired) electrons. The third kappa shape index (κ3) is 3.14. The SMILES string of the molecule is CC1(C)c2cc(C(=O)c3ccc4c(c3)C3(c5ccccc5-c5ccccc53)c3ccccc3-4)ccc2-n2c3cnccc3c3cccc1c32. The Bertz CT molecular complexity index is 2720. The molecule has 1 spiro atoms.